The van der Waals surface area contributed by atoms with E-state index in [1.165, 1.54) is 31.2 Å². The van der Waals surface area contributed by atoms with Crippen LogP contribution in [0, 0.1) is 0 Å². The van der Waals surface area contributed by atoms with Gasteiger partial charge in [-0.15, -0.1) is 0 Å². The second kappa shape index (κ2) is 8.76. The third kappa shape index (κ3) is 6.37. The zero-order chi connectivity index (χ0) is 17.4. The molecule has 0 unspecified atom stereocenters. The summed E-state index contributed by atoms with van der Waals surface area (Å²) in [4.78, 5) is 23.4. The summed E-state index contributed by atoms with van der Waals surface area (Å²) in [6.45, 7) is -2.86. The first-order valence-electron chi connectivity index (χ1n) is 6.66. The summed E-state index contributed by atoms with van der Waals surface area (Å²) < 4.78 is 34.0. The Hall–Kier alpha value is -2.58. The first kappa shape index (κ1) is 18.5. The van der Waals surface area contributed by atoms with Crippen molar-refractivity contribution >= 4 is 12.0 Å². The molecule has 1 rings (SSSR count). The van der Waals surface area contributed by atoms with Crippen molar-refractivity contribution in [1.82, 2.24) is 10.2 Å². The normalized spacial score (nSPS) is 10.3. The van der Waals surface area contributed by atoms with E-state index in [9.17, 15) is 18.4 Å². The summed E-state index contributed by atoms with van der Waals surface area (Å²) >= 11 is 0. The number of urea groups is 1. The Balaban J connectivity index is 2.68. The van der Waals surface area contributed by atoms with E-state index in [0.717, 1.165) is 0 Å². The van der Waals surface area contributed by atoms with E-state index in [1.54, 1.807) is 6.07 Å². The van der Waals surface area contributed by atoms with Crippen LogP contribution in [0.4, 0.5) is 13.6 Å². The van der Waals surface area contributed by atoms with E-state index < -0.39 is 18.6 Å². The first-order chi connectivity index (χ1) is 10.8. The maximum absolute atomic E-state index is 12.4. The quantitative estimate of drug-likeness (QED) is 0.759. The fourth-order valence-corrected chi connectivity index (χ4v) is 1.76. The molecule has 0 aromatic heterocycles. The van der Waals surface area contributed by atoms with Crippen LogP contribution in [0.2, 0.25) is 0 Å². The van der Waals surface area contributed by atoms with Crippen molar-refractivity contribution in [3.8, 4) is 11.5 Å². The number of benzene rings is 1. The number of aliphatic carboxylic acids is 1. The van der Waals surface area contributed by atoms with Gasteiger partial charge in [0, 0.05) is 20.1 Å². The lowest BCUT2D eigenvalue weighted by atomic mass is 10.2. The molecule has 7 nitrogen and oxygen atoms in total. The van der Waals surface area contributed by atoms with Gasteiger partial charge in [0.25, 0.3) is 0 Å². The molecular formula is C14H18F2N2O5. The number of hydrogen-bond acceptors (Lipinski definition) is 4. The Kier molecular flexibility index (Phi) is 7.04. The van der Waals surface area contributed by atoms with Crippen LogP contribution in [0.15, 0.2) is 18.2 Å². The van der Waals surface area contributed by atoms with Gasteiger partial charge < -0.3 is 24.8 Å². The molecule has 0 heterocycles. The fourth-order valence-electron chi connectivity index (χ4n) is 1.76. The van der Waals surface area contributed by atoms with E-state index in [1.807, 2.05) is 0 Å². The van der Waals surface area contributed by atoms with Crippen LogP contribution in [0.1, 0.15) is 12.0 Å². The number of methoxy groups -OCH3 is 1. The minimum atomic E-state index is -2.99. The fraction of sp³-hybridized carbons (Fsp3) is 0.429. The Morgan fingerprint density at radius 3 is 2.61 bits per heavy atom. The van der Waals surface area contributed by atoms with Gasteiger partial charge in [0.15, 0.2) is 11.5 Å². The first-order valence-corrected chi connectivity index (χ1v) is 6.66. The van der Waals surface area contributed by atoms with Crippen LogP contribution in [0.25, 0.3) is 0 Å². The Bertz CT molecular complexity index is 554. The predicted octanol–water partition coefficient (Wildman–Crippen LogP) is 1.91. The molecule has 0 spiro atoms. The number of halogens is 2. The lowest BCUT2D eigenvalue weighted by Gasteiger charge is -2.19. The molecule has 0 atom stereocenters. The number of nitrogens with one attached hydrogen (secondary N) is 1. The average Bonchev–Trinajstić information content (AvgIpc) is 2.46. The highest BCUT2D eigenvalue weighted by molar-refractivity contribution is 5.75. The van der Waals surface area contributed by atoms with Gasteiger partial charge in [-0.3, -0.25) is 4.79 Å². The third-order valence-electron chi connectivity index (χ3n) is 2.83. The Morgan fingerprint density at radius 2 is 2.04 bits per heavy atom. The van der Waals surface area contributed by atoms with E-state index in [4.69, 9.17) is 9.84 Å². The lowest BCUT2D eigenvalue weighted by molar-refractivity contribution is -0.136. The Labute approximate surface area is 131 Å². The molecule has 1 aromatic rings. The number of nitrogens with zero attached hydrogens (tertiary/aromatic N) is 1. The second-order valence-electron chi connectivity index (χ2n) is 4.60. The zero-order valence-corrected chi connectivity index (χ0v) is 12.7. The van der Waals surface area contributed by atoms with Crippen LogP contribution < -0.4 is 14.8 Å². The van der Waals surface area contributed by atoms with Crippen LogP contribution in [-0.4, -0.2) is 49.3 Å². The Morgan fingerprint density at radius 1 is 1.35 bits per heavy atom. The molecule has 128 valence electrons. The van der Waals surface area contributed by atoms with E-state index in [2.05, 4.69) is 10.1 Å². The molecule has 2 amide bonds. The molecule has 0 aliphatic rings. The molecule has 0 saturated heterocycles. The SMILES string of the molecule is COc1ccc(CN(C)C(=O)NCCC(=O)O)cc1OC(F)F. The average molecular weight is 332 g/mol. The molecule has 0 saturated carbocycles. The zero-order valence-electron chi connectivity index (χ0n) is 12.7. The van der Waals surface area contributed by atoms with Gasteiger partial charge in [-0.2, -0.15) is 8.78 Å². The number of carboxylic acids is 1. The highest BCUT2D eigenvalue weighted by Crippen LogP contribution is 2.29. The van der Waals surface area contributed by atoms with Gasteiger partial charge in [-0.05, 0) is 17.7 Å². The molecule has 0 bridgehead atoms. The van der Waals surface area contributed by atoms with Crippen molar-refractivity contribution in [2.45, 2.75) is 19.6 Å². The standard InChI is InChI=1S/C14H18F2N2O5/c1-18(14(21)17-6-5-12(19)20)8-9-3-4-10(22-2)11(7-9)23-13(15)16/h3-4,7,13H,5-6,8H2,1-2H3,(H,17,21)(H,19,20). The summed E-state index contributed by atoms with van der Waals surface area (Å²) in [5.41, 5.74) is 0.553. The lowest BCUT2D eigenvalue weighted by Crippen LogP contribution is -2.37. The summed E-state index contributed by atoms with van der Waals surface area (Å²) in [6, 6.07) is 3.95. The maximum Gasteiger partial charge on any atom is 0.387 e. The number of ether oxygens (including phenoxy) is 2. The van der Waals surface area contributed by atoms with Gasteiger partial charge in [0.2, 0.25) is 0 Å². The summed E-state index contributed by atoms with van der Waals surface area (Å²) in [5, 5.41) is 10.9. The van der Waals surface area contributed by atoms with Crippen molar-refractivity contribution in [3.05, 3.63) is 23.8 Å². The molecule has 0 radical (unpaired) electrons. The summed E-state index contributed by atoms with van der Waals surface area (Å²) in [5.74, 6) is -0.987. The number of carbonyl (C=O) groups is 2. The number of hydrogen-bond donors (Lipinski definition) is 2. The second-order valence-corrected chi connectivity index (χ2v) is 4.60. The largest absolute Gasteiger partial charge is 0.493 e. The molecule has 2 N–H and O–H groups in total. The van der Waals surface area contributed by atoms with Crippen molar-refractivity contribution < 1.29 is 33.0 Å². The molecule has 0 aliphatic carbocycles. The molecule has 9 heteroatoms. The van der Waals surface area contributed by atoms with E-state index in [0.29, 0.717) is 5.56 Å². The van der Waals surface area contributed by atoms with Crippen LogP contribution >= 0.6 is 0 Å². The van der Waals surface area contributed by atoms with Crippen molar-refractivity contribution in [2.24, 2.45) is 0 Å². The van der Waals surface area contributed by atoms with Crippen molar-refractivity contribution in [3.63, 3.8) is 0 Å². The number of carbonyl (C=O) groups excluding carboxylic acids is 1. The van der Waals surface area contributed by atoms with Gasteiger partial charge in [-0.1, -0.05) is 6.07 Å². The molecule has 1 aromatic carbocycles. The number of alkyl halides is 2. The monoisotopic (exact) mass is 332 g/mol. The molecule has 0 fully saturated rings. The molecule has 23 heavy (non-hydrogen) atoms. The highest BCUT2D eigenvalue weighted by atomic mass is 19.3. The number of amides is 2. The summed E-state index contributed by atoms with van der Waals surface area (Å²) in [6.07, 6.45) is -0.186. The van der Waals surface area contributed by atoms with Gasteiger partial charge in [0.1, 0.15) is 0 Å². The van der Waals surface area contributed by atoms with Gasteiger partial charge in [0.05, 0.1) is 13.5 Å². The minimum Gasteiger partial charge on any atom is -0.493 e. The smallest absolute Gasteiger partial charge is 0.387 e. The highest BCUT2D eigenvalue weighted by Gasteiger charge is 2.14. The maximum atomic E-state index is 12.4. The minimum absolute atomic E-state index is 0.000856. The number of rotatable bonds is 8. The predicted molar refractivity (Wildman–Crippen MR) is 76.7 cm³/mol. The summed E-state index contributed by atoms with van der Waals surface area (Å²) in [7, 11) is 2.82. The van der Waals surface area contributed by atoms with Crippen molar-refractivity contribution in [1.29, 1.82) is 0 Å². The van der Waals surface area contributed by atoms with E-state index >= 15 is 0 Å². The van der Waals surface area contributed by atoms with Crippen LogP contribution in [0.5, 0.6) is 11.5 Å². The molecule has 0 aliphatic heterocycles. The topological polar surface area (TPSA) is 88.1 Å². The van der Waals surface area contributed by atoms with Crippen LogP contribution in [-0.2, 0) is 11.3 Å². The third-order valence-corrected chi connectivity index (χ3v) is 2.83. The van der Waals surface area contributed by atoms with Crippen molar-refractivity contribution in [2.75, 3.05) is 20.7 Å². The number of carboxylic acid groups (broad SMARTS) is 1. The molecular weight excluding hydrogens is 314 g/mol. The van der Waals surface area contributed by atoms with E-state index in [-0.39, 0.29) is 31.0 Å². The van der Waals surface area contributed by atoms with Gasteiger partial charge in [-0.25, -0.2) is 4.79 Å². The van der Waals surface area contributed by atoms with Gasteiger partial charge >= 0.3 is 18.6 Å². The van der Waals surface area contributed by atoms with Crippen LogP contribution in [0.3, 0.4) is 0 Å².